The van der Waals surface area contributed by atoms with Gasteiger partial charge in [-0.05, 0) is 85.0 Å². The van der Waals surface area contributed by atoms with Gasteiger partial charge >= 0.3 is 0 Å². The van der Waals surface area contributed by atoms with Gasteiger partial charge in [-0.2, -0.15) is 0 Å². The Hall–Kier alpha value is -0.955. The summed E-state index contributed by atoms with van der Waals surface area (Å²) in [5, 5.41) is 20.0. The molecule has 0 unspecified atom stereocenters. The number of aliphatic hydroxyl groups excluding tert-OH is 1. The second-order valence-corrected chi connectivity index (χ2v) is 7.44. The molecule has 0 aromatic heterocycles. The number of rotatable bonds is 0. The zero-order valence-corrected chi connectivity index (χ0v) is 12.8. The quantitative estimate of drug-likeness (QED) is 0.718. The lowest BCUT2D eigenvalue weighted by Gasteiger charge is -2.50. The SMILES string of the molecule is C[C@]12CC[C@@H]3c4ccc(O)cc4CC[C@H]3[C@@H]1CC[C@@H]2O.[B]. The summed E-state index contributed by atoms with van der Waals surface area (Å²) in [6.07, 6.45) is 6.78. The summed E-state index contributed by atoms with van der Waals surface area (Å²) in [5.74, 6) is 2.49. The summed E-state index contributed by atoms with van der Waals surface area (Å²) < 4.78 is 0. The molecule has 2 fully saturated rings. The molecule has 3 heteroatoms. The van der Waals surface area contributed by atoms with Crippen molar-refractivity contribution in [2.45, 2.75) is 57.5 Å². The zero-order valence-electron chi connectivity index (χ0n) is 12.8. The molecular formula is C18H24BO2. The third-order valence-electron chi connectivity index (χ3n) is 6.66. The summed E-state index contributed by atoms with van der Waals surface area (Å²) in [6, 6.07) is 5.96. The van der Waals surface area contributed by atoms with Crippen LogP contribution in [0.25, 0.3) is 0 Å². The second kappa shape index (κ2) is 5.05. The first-order chi connectivity index (χ1) is 9.59. The van der Waals surface area contributed by atoms with Gasteiger partial charge in [0, 0.05) is 8.41 Å². The number of aryl methyl sites for hydroxylation is 1. The van der Waals surface area contributed by atoms with Gasteiger partial charge < -0.3 is 10.2 Å². The predicted molar refractivity (Wildman–Crippen MR) is 84.5 cm³/mol. The molecule has 1 aromatic carbocycles. The van der Waals surface area contributed by atoms with E-state index >= 15 is 0 Å². The van der Waals surface area contributed by atoms with E-state index in [2.05, 4.69) is 13.0 Å². The van der Waals surface area contributed by atoms with Gasteiger partial charge in [0.1, 0.15) is 5.75 Å². The molecule has 2 saturated carbocycles. The van der Waals surface area contributed by atoms with Crippen molar-refractivity contribution < 1.29 is 10.2 Å². The molecule has 5 atom stereocenters. The molecule has 4 rings (SSSR count). The van der Waals surface area contributed by atoms with Crippen LogP contribution >= 0.6 is 0 Å². The Kier molecular flexibility index (Phi) is 3.60. The Morgan fingerprint density at radius 3 is 2.76 bits per heavy atom. The highest BCUT2D eigenvalue weighted by Gasteiger charge is 2.54. The van der Waals surface area contributed by atoms with Crippen molar-refractivity contribution in [3.05, 3.63) is 29.3 Å². The van der Waals surface area contributed by atoms with Crippen molar-refractivity contribution in [3.63, 3.8) is 0 Å². The van der Waals surface area contributed by atoms with Crippen molar-refractivity contribution in [3.8, 4) is 5.75 Å². The normalized spacial score (nSPS) is 40.7. The third-order valence-corrected chi connectivity index (χ3v) is 6.66. The average molecular weight is 283 g/mol. The Bertz CT molecular complexity index is 544. The molecule has 2 N–H and O–H groups in total. The fraction of sp³-hybridized carbons (Fsp3) is 0.667. The van der Waals surface area contributed by atoms with Crippen molar-refractivity contribution in [2.24, 2.45) is 17.3 Å². The smallest absolute Gasteiger partial charge is 0.115 e. The number of fused-ring (bicyclic) bond motifs is 5. The molecule has 1 aromatic rings. The Morgan fingerprint density at radius 2 is 1.95 bits per heavy atom. The van der Waals surface area contributed by atoms with Crippen LogP contribution in [0.3, 0.4) is 0 Å². The summed E-state index contributed by atoms with van der Waals surface area (Å²) >= 11 is 0. The molecule has 0 amide bonds. The number of aliphatic hydroxyl groups is 1. The highest BCUT2D eigenvalue weighted by molar-refractivity contribution is 5.75. The van der Waals surface area contributed by atoms with Crippen molar-refractivity contribution >= 4 is 8.41 Å². The topological polar surface area (TPSA) is 40.5 Å². The Morgan fingerprint density at radius 1 is 1.14 bits per heavy atom. The van der Waals surface area contributed by atoms with Crippen LogP contribution in [-0.2, 0) is 6.42 Å². The maximum Gasteiger partial charge on any atom is 0.115 e. The monoisotopic (exact) mass is 283 g/mol. The van der Waals surface area contributed by atoms with Crippen molar-refractivity contribution in [1.82, 2.24) is 0 Å². The minimum Gasteiger partial charge on any atom is -0.508 e. The summed E-state index contributed by atoms with van der Waals surface area (Å²) in [5.41, 5.74) is 2.99. The van der Waals surface area contributed by atoms with E-state index in [1.807, 2.05) is 12.1 Å². The average Bonchev–Trinajstić information content (AvgIpc) is 2.74. The number of benzene rings is 1. The lowest BCUT2D eigenvalue weighted by atomic mass is 9.55. The number of phenolic OH excluding ortho intramolecular Hbond substituents is 1. The molecule has 0 saturated heterocycles. The lowest BCUT2D eigenvalue weighted by Crippen LogP contribution is -2.43. The molecule has 3 aliphatic carbocycles. The molecule has 3 aliphatic rings. The minimum atomic E-state index is -0.0883. The fourth-order valence-corrected chi connectivity index (χ4v) is 5.54. The molecule has 0 aliphatic heterocycles. The van der Waals surface area contributed by atoms with E-state index in [4.69, 9.17) is 0 Å². The van der Waals surface area contributed by atoms with Gasteiger partial charge in [0.05, 0.1) is 6.10 Å². The highest BCUT2D eigenvalue weighted by atomic mass is 16.3. The second-order valence-electron chi connectivity index (χ2n) is 7.44. The first-order valence-corrected chi connectivity index (χ1v) is 8.09. The number of phenols is 1. The molecular weight excluding hydrogens is 259 g/mol. The van der Waals surface area contributed by atoms with Crippen LogP contribution in [0.1, 0.15) is 56.1 Å². The van der Waals surface area contributed by atoms with Crippen LogP contribution in [0.2, 0.25) is 0 Å². The van der Waals surface area contributed by atoms with Gasteiger partial charge in [-0.25, -0.2) is 0 Å². The van der Waals surface area contributed by atoms with Crippen molar-refractivity contribution in [2.75, 3.05) is 0 Å². The molecule has 3 radical (unpaired) electrons. The fourth-order valence-electron chi connectivity index (χ4n) is 5.54. The van der Waals surface area contributed by atoms with Gasteiger partial charge in [-0.15, -0.1) is 0 Å². The van der Waals surface area contributed by atoms with Crippen molar-refractivity contribution in [1.29, 1.82) is 0 Å². The van der Waals surface area contributed by atoms with Crippen LogP contribution < -0.4 is 0 Å². The molecule has 0 heterocycles. The van der Waals surface area contributed by atoms with Gasteiger partial charge in [-0.3, -0.25) is 0 Å². The standard InChI is InChI=1S/C18H24O2.B/c1-18-9-8-14-13-5-3-12(19)10-11(13)2-4-15(14)16(18)6-7-17(18)20;/h3,5,10,14-17,19-20H,2,4,6-9H2,1H3;/t14-,15-,16+,17+,18+;/m1./s1. The van der Waals surface area contributed by atoms with Crippen LogP contribution in [-0.4, -0.2) is 24.7 Å². The van der Waals surface area contributed by atoms with E-state index < -0.39 is 0 Å². The van der Waals surface area contributed by atoms with E-state index in [-0.39, 0.29) is 19.9 Å². The van der Waals surface area contributed by atoms with E-state index in [0.29, 0.717) is 17.6 Å². The molecule has 0 spiro atoms. The summed E-state index contributed by atoms with van der Waals surface area (Å²) in [4.78, 5) is 0. The molecule has 0 bridgehead atoms. The summed E-state index contributed by atoms with van der Waals surface area (Å²) in [6.45, 7) is 2.32. The van der Waals surface area contributed by atoms with Gasteiger partial charge in [0.25, 0.3) is 0 Å². The maximum atomic E-state index is 10.4. The first-order valence-electron chi connectivity index (χ1n) is 8.09. The zero-order chi connectivity index (χ0) is 13.9. The minimum absolute atomic E-state index is 0. The van der Waals surface area contributed by atoms with E-state index in [1.165, 1.54) is 30.4 Å². The lowest BCUT2D eigenvalue weighted by molar-refractivity contribution is -0.0226. The number of hydrogen-bond donors (Lipinski definition) is 2. The largest absolute Gasteiger partial charge is 0.508 e. The predicted octanol–water partition coefficient (Wildman–Crippen LogP) is 3.23. The van der Waals surface area contributed by atoms with Crippen LogP contribution in [0.4, 0.5) is 0 Å². The van der Waals surface area contributed by atoms with Crippen LogP contribution in [0.5, 0.6) is 5.75 Å². The van der Waals surface area contributed by atoms with E-state index in [1.54, 1.807) is 0 Å². The molecule has 2 nitrogen and oxygen atoms in total. The van der Waals surface area contributed by atoms with Gasteiger partial charge in [0.15, 0.2) is 0 Å². The molecule has 111 valence electrons. The number of hydrogen-bond acceptors (Lipinski definition) is 2. The first kappa shape index (κ1) is 15.0. The third kappa shape index (κ3) is 2.04. The maximum absolute atomic E-state index is 10.4. The highest BCUT2D eigenvalue weighted by Crippen LogP contribution is 2.60. The van der Waals surface area contributed by atoms with E-state index in [0.717, 1.165) is 25.2 Å². The Labute approximate surface area is 129 Å². The van der Waals surface area contributed by atoms with Gasteiger partial charge in [-0.1, -0.05) is 13.0 Å². The van der Waals surface area contributed by atoms with Crippen LogP contribution in [0.15, 0.2) is 18.2 Å². The molecule has 21 heavy (non-hydrogen) atoms. The van der Waals surface area contributed by atoms with E-state index in [9.17, 15) is 10.2 Å². The van der Waals surface area contributed by atoms with Gasteiger partial charge in [0.2, 0.25) is 0 Å². The summed E-state index contributed by atoms with van der Waals surface area (Å²) in [7, 11) is 0. The van der Waals surface area contributed by atoms with Crippen LogP contribution in [0, 0.1) is 17.3 Å². The Balaban J connectivity index is 0.00000132. The number of aromatic hydroxyl groups is 1.